The molecule has 6 rings (SSSR count). The summed E-state index contributed by atoms with van der Waals surface area (Å²) in [5.74, 6) is 0. The van der Waals surface area contributed by atoms with Crippen LogP contribution >= 0.6 is 15.9 Å². The number of hydrogen-bond acceptors (Lipinski definition) is 2. The van der Waals surface area contributed by atoms with Crippen LogP contribution in [0.5, 0.6) is 0 Å². The lowest BCUT2D eigenvalue weighted by atomic mass is 10.0. The Hall–Kier alpha value is -4.60. The third-order valence-electron chi connectivity index (χ3n) is 7.21. The van der Waals surface area contributed by atoms with Crippen LogP contribution in [0.3, 0.4) is 0 Å². The number of rotatable bonds is 7. The number of benzene rings is 6. The zero-order valence-corrected chi connectivity index (χ0v) is 24.8. The Morgan fingerprint density at radius 2 is 0.756 bits per heavy atom. The van der Waals surface area contributed by atoms with E-state index in [2.05, 4.69) is 191 Å². The van der Waals surface area contributed by atoms with Gasteiger partial charge in [0, 0.05) is 38.6 Å². The first kappa shape index (κ1) is 26.6. The van der Waals surface area contributed by atoms with Gasteiger partial charge in [0.05, 0.1) is 0 Å². The zero-order chi connectivity index (χ0) is 28.2. The molecule has 0 spiro atoms. The highest BCUT2D eigenvalue weighted by atomic mass is 79.9. The third-order valence-corrected chi connectivity index (χ3v) is 7.74. The summed E-state index contributed by atoms with van der Waals surface area (Å²) in [6.07, 6.45) is 0. The number of halogens is 1. The van der Waals surface area contributed by atoms with E-state index in [1.807, 2.05) is 0 Å². The zero-order valence-electron chi connectivity index (χ0n) is 23.2. The molecule has 200 valence electrons. The van der Waals surface area contributed by atoms with Gasteiger partial charge in [0.2, 0.25) is 0 Å². The number of anilines is 6. The van der Waals surface area contributed by atoms with E-state index in [1.54, 1.807) is 0 Å². The van der Waals surface area contributed by atoms with Crippen molar-refractivity contribution in [3.8, 4) is 11.1 Å². The quantitative estimate of drug-likeness (QED) is 0.181. The monoisotopic (exact) mass is 594 g/mol. The van der Waals surface area contributed by atoms with Crippen molar-refractivity contribution in [2.75, 3.05) is 9.80 Å². The van der Waals surface area contributed by atoms with Crippen molar-refractivity contribution < 1.29 is 0 Å². The minimum atomic E-state index is 1.06. The Morgan fingerprint density at radius 3 is 1.17 bits per heavy atom. The van der Waals surface area contributed by atoms with Crippen LogP contribution in [-0.4, -0.2) is 0 Å². The SMILES string of the molecule is Cc1ccc(N(c2ccccc2)c2cc(-c3ccc(Br)cc3)cc(N(c3ccccc3)c3ccc(C)cc3)c2)cc1. The second kappa shape index (κ2) is 11.9. The summed E-state index contributed by atoms with van der Waals surface area (Å²) in [5.41, 5.74) is 11.4. The molecule has 6 aromatic carbocycles. The predicted molar refractivity (Wildman–Crippen MR) is 178 cm³/mol. The van der Waals surface area contributed by atoms with Crippen molar-refractivity contribution in [1.82, 2.24) is 0 Å². The third kappa shape index (κ3) is 5.96. The van der Waals surface area contributed by atoms with E-state index in [4.69, 9.17) is 0 Å². The van der Waals surface area contributed by atoms with Gasteiger partial charge in [0.1, 0.15) is 0 Å². The van der Waals surface area contributed by atoms with Gasteiger partial charge < -0.3 is 9.80 Å². The van der Waals surface area contributed by atoms with Gasteiger partial charge in [-0.05, 0) is 104 Å². The highest BCUT2D eigenvalue weighted by Gasteiger charge is 2.19. The molecule has 0 atom stereocenters. The first-order chi connectivity index (χ1) is 20.0. The Bertz CT molecular complexity index is 1620. The molecule has 0 amide bonds. The fraction of sp³-hybridized carbons (Fsp3) is 0.0526. The largest absolute Gasteiger partial charge is 0.310 e. The van der Waals surface area contributed by atoms with Gasteiger partial charge in [-0.1, -0.05) is 99.9 Å². The molecule has 0 N–H and O–H groups in total. The lowest BCUT2D eigenvalue weighted by Crippen LogP contribution is -2.13. The van der Waals surface area contributed by atoms with E-state index in [0.717, 1.165) is 49.7 Å². The summed E-state index contributed by atoms with van der Waals surface area (Å²) in [6.45, 7) is 4.25. The van der Waals surface area contributed by atoms with Crippen molar-refractivity contribution in [1.29, 1.82) is 0 Å². The average Bonchev–Trinajstić information content (AvgIpc) is 3.01. The maximum absolute atomic E-state index is 3.61. The normalized spacial score (nSPS) is 10.8. The lowest BCUT2D eigenvalue weighted by Gasteiger charge is -2.30. The molecule has 3 heteroatoms. The van der Waals surface area contributed by atoms with Crippen LogP contribution in [0, 0.1) is 13.8 Å². The van der Waals surface area contributed by atoms with Crippen LogP contribution in [-0.2, 0) is 0 Å². The van der Waals surface area contributed by atoms with E-state index in [0.29, 0.717) is 0 Å². The molecule has 41 heavy (non-hydrogen) atoms. The summed E-state index contributed by atoms with van der Waals surface area (Å²) in [5, 5.41) is 0. The van der Waals surface area contributed by atoms with Crippen molar-refractivity contribution in [2.45, 2.75) is 13.8 Å². The number of aryl methyl sites for hydroxylation is 2. The van der Waals surface area contributed by atoms with Crippen LogP contribution in [0.15, 0.2) is 156 Å². The van der Waals surface area contributed by atoms with E-state index >= 15 is 0 Å². The molecule has 0 heterocycles. The summed E-state index contributed by atoms with van der Waals surface area (Å²) < 4.78 is 1.06. The van der Waals surface area contributed by atoms with E-state index < -0.39 is 0 Å². The predicted octanol–water partition coefficient (Wildman–Crippen LogP) is 11.7. The molecule has 0 aliphatic rings. The summed E-state index contributed by atoms with van der Waals surface area (Å²) in [6, 6.07) is 54.1. The first-order valence-corrected chi connectivity index (χ1v) is 14.6. The van der Waals surface area contributed by atoms with Crippen LogP contribution in [0.2, 0.25) is 0 Å². The van der Waals surface area contributed by atoms with Gasteiger partial charge in [0.25, 0.3) is 0 Å². The molecule has 0 bridgehead atoms. The molecule has 6 aromatic rings. The standard InChI is InChI=1S/C38H31BrN2/c1-28-13-21-35(22-14-28)40(33-9-5-3-6-10-33)37-25-31(30-17-19-32(39)20-18-30)26-38(27-37)41(34-11-7-4-8-12-34)36-23-15-29(2)16-24-36/h3-27H,1-2H3. The Labute approximate surface area is 251 Å². The molecule has 0 aliphatic carbocycles. The van der Waals surface area contributed by atoms with Gasteiger partial charge in [-0.2, -0.15) is 0 Å². The van der Waals surface area contributed by atoms with Gasteiger partial charge in [0.15, 0.2) is 0 Å². The molecular formula is C38H31BrN2. The minimum Gasteiger partial charge on any atom is -0.310 e. The van der Waals surface area contributed by atoms with Crippen LogP contribution in [0.1, 0.15) is 11.1 Å². The molecule has 0 aromatic heterocycles. The van der Waals surface area contributed by atoms with Crippen LogP contribution < -0.4 is 9.80 Å². The van der Waals surface area contributed by atoms with Crippen molar-refractivity contribution in [3.05, 3.63) is 167 Å². The summed E-state index contributed by atoms with van der Waals surface area (Å²) >= 11 is 3.61. The van der Waals surface area contributed by atoms with E-state index in [-0.39, 0.29) is 0 Å². The number of para-hydroxylation sites is 2. The number of nitrogens with zero attached hydrogens (tertiary/aromatic N) is 2. The summed E-state index contributed by atoms with van der Waals surface area (Å²) in [4.78, 5) is 4.67. The summed E-state index contributed by atoms with van der Waals surface area (Å²) in [7, 11) is 0. The van der Waals surface area contributed by atoms with Crippen molar-refractivity contribution >= 4 is 50.1 Å². The average molecular weight is 596 g/mol. The van der Waals surface area contributed by atoms with Gasteiger partial charge >= 0.3 is 0 Å². The second-order valence-electron chi connectivity index (χ2n) is 10.3. The highest BCUT2D eigenvalue weighted by molar-refractivity contribution is 9.10. The van der Waals surface area contributed by atoms with Crippen LogP contribution in [0.25, 0.3) is 11.1 Å². The fourth-order valence-corrected chi connectivity index (χ4v) is 5.36. The first-order valence-electron chi connectivity index (χ1n) is 13.8. The van der Waals surface area contributed by atoms with Crippen LogP contribution in [0.4, 0.5) is 34.1 Å². The fourth-order valence-electron chi connectivity index (χ4n) is 5.10. The molecule has 0 unspecified atom stereocenters. The molecule has 0 radical (unpaired) electrons. The van der Waals surface area contributed by atoms with Gasteiger partial charge in [-0.25, -0.2) is 0 Å². The Balaban J connectivity index is 1.61. The second-order valence-corrected chi connectivity index (χ2v) is 11.2. The topological polar surface area (TPSA) is 6.48 Å². The number of hydrogen-bond donors (Lipinski definition) is 0. The molecule has 0 aliphatic heterocycles. The van der Waals surface area contributed by atoms with Crippen molar-refractivity contribution in [2.24, 2.45) is 0 Å². The minimum absolute atomic E-state index is 1.06. The Morgan fingerprint density at radius 1 is 0.366 bits per heavy atom. The molecule has 0 saturated carbocycles. The molecule has 0 saturated heterocycles. The maximum atomic E-state index is 3.61. The molecule has 0 fully saturated rings. The Kier molecular flexibility index (Phi) is 7.71. The molecular weight excluding hydrogens is 564 g/mol. The van der Waals surface area contributed by atoms with E-state index in [9.17, 15) is 0 Å². The molecule has 2 nitrogen and oxygen atoms in total. The lowest BCUT2D eigenvalue weighted by molar-refractivity contribution is 1.24. The smallest absolute Gasteiger partial charge is 0.0488 e. The van der Waals surface area contributed by atoms with Crippen molar-refractivity contribution in [3.63, 3.8) is 0 Å². The van der Waals surface area contributed by atoms with E-state index in [1.165, 1.54) is 11.1 Å². The van der Waals surface area contributed by atoms with Gasteiger partial charge in [-0.15, -0.1) is 0 Å². The van der Waals surface area contributed by atoms with Gasteiger partial charge in [-0.3, -0.25) is 0 Å². The maximum Gasteiger partial charge on any atom is 0.0488 e. The highest BCUT2D eigenvalue weighted by Crippen LogP contribution is 2.43.